The molecule has 0 saturated carbocycles. The molecule has 0 unspecified atom stereocenters. The average Bonchev–Trinajstić information content (AvgIpc) is 2.47. The SMILES string of the molecule is C[C@@H]1CCCN([C@@H](C)CNC(=O)Nc2ccccc2Cl)C1. The van der Waals surface area contributed by atoms with Crippen LogP contribution in [0.1, 0.15) is 26.7 Å². The molecule has 5 heteroatoms. The summed E-state index contributed by atoms with van der Waals surface area (Å²) in [6.07, 6.45) is 2.56. The smallest absolute Gasteiger partial charge is 0.319 e. The van der Waals surface area contributed by atoms with Gasteiger partial charge in [-0.1, -0.05) is 30.7 Å². The first-order chi connectivity index (χ1) is 10.1. The maximum Gasteiger partial charge on any atom is 0.319 e. The van der Waals surface area contributed by atoms with Crippen LogP contribution in [0.5, 0.6) is 0 Å². The van der Waals surface area contributed by atoms with Crippen molar-refractivity contribution in [2.24, 2.45) is 5.92 Å². The summed E-state index contributed by atoms with van der Waals surface area (Å²) in [5.41, 5.74) is 0.635. The fourth-order valence-electron chi connectivity index (χ4n) is 2.72. The first-order valence-electron chi connectivity index (χ1n) is 7.59. The van der Waals surface area contributed by atoms with Crippen LogP contribution in [0, 0.1) is 5.92 Å². The van der Waals surface area contributed by atoms with E-state index in [0.29, 0.717) is 23.3 Å². The van der Waals surface area contributed by atoms with Gasteiger partial charge in [0, 0.05) is 19.1 Å². The van der Waals surface area contributed by atoms with Crippen molar-refractivity contribution < 1.29 is 4.79 Å². The van der Waals surface area contributed by atoms with Gasteiger partial charge in [0.1, 0.15) is 0 Å². The van der Waals surface area contributed by atoms with Crippen LogP contribution >= 0.6 is 11.6 Å². The Morgan fingerprint density at radius 2 is 2.24 bits per heavy atom. The summed E-state index contributed by atoms with van der Waals surface area (Å²) in [6.45, 7) is 7.33. The number of piperidine rings is 1. The quantitative estimate of drug-likeness (QED) is 0.893. The van der Waals surface area contributed by atoms with Gasteiger partial charge in [-0.2, -0.15) is 0 Å². The molecule has 0 aromatic heterocycles. The van der Waals surface area contributed by atoms with Crippen molar-refractivity contribution in [3.05, 3.63) is 29.3 Å². The predicted molar refractivity (Wildman–Crippen MR) is 87.9 cm³/mol. The van der Waals surface area contributed by atoms with Crippen LogP contribution in [0.25, 0.3) is 0 Å². The Labute approximate surface area is 131 Å². The van der Waals surface area contributed by atoms with Gasteiger partial charge < -0.3 is 10.6 Å². The third kappa shape index (κ3) is 4.90. The van der Waals surface area contributed by atoms with E-state index >= 15 is 0 Å². The number of likely N-dealkylation sites (tertiary alicyclic amines) is 1. The van der Waals surface area contributed by atoms with Crippen LogP contribution in [0.4, 0.5) is 10.5 Å². The lowest BCUT2D eigenvalue weighted by atomic mass is 9.99. The highest BCUT2D eigenvalue weighted by atomic mass is 35.5. The van der Waals surface area contributed by atoms with Crippen molar-refractivity contribution in [1.82, 2.24) is 10.2 Å². The number of urea groups is 1. The van der Waals surface area contributed by atoms with Crippen LogP contribution in [0.3, 0.4) is 0 Å². The van der Waals surface area contributed by atoms with Gasteiger partial charge in [0.15, 0.2) is 0 Å². The molecule has 1 aromatic rings. The highest BCUT2D eigenvalue weighted by Crippen LogP contribution is 2.20. The van der Waals surface area contributed by atoms with Crippen molar-refractivity contribution in [3.8, 4) is 0 Å². The van der Waals surface area contributed by atoms with Crippen LogP contribution in [0.15, 0.2) is 24.3 Å². The first kappa shape index (κ1) is 16.1. The van der Waals surface area contributed by atoms with Crippen LogP contribution in [-0.4, -0.2) is 36.6 Å². The third-order valence-electron chi connectivity index (χ3n) is 3.99. The minimum Gasteiger partial charge on any atom is -0.336 e. The van der Waals surface area contributed by atoms with Gasteiger partial charge in [-0.15, -0.1) is 0 Å². The van der Waals surface area contributed by atoms with Crippen molar-refractivity contribution in [3.63, 3.8) is 0 Å². The normalized spacial score (nSPS) is 20.8. The van der Waals surface area contributed by atoms with E-state index in [0.717, 1.165) is 19.0 Å². The lowest BCUT2D eigenvalue weighted by molar-refractivity contribution is 0.138. The van der Waals surface area contributed by atoms with E-state index in [2.05, 4.69) is 29.4 Å². The molecule has 4 nitrogen and oxygen atoms in total. The Kier molecular flexibility index (Phi) is 5.88. The summed E-state index contributed by atoms with van der Waals surface area (Å²) in [4.78, 5) is 14.4. The van der Waals surface area contributed by atoms with Crippen molar-refractivity contribution in [2.75, 3.05) is 25.0 Å². The van der Waals surface area contributed by atoms with Gasteiger partial charge >= 0.3 is 6.03 Å². The Hall–Kier alpha value is -1.26. The second kappa shape index (κ2) is 7.66. The molecule has 0 radical (unpaired) electrons. The number of carbonyl (C=O) groups excluding carboxylic acids is 1. The molecule has 1 aliphatic heterocycles. The summed E-state index contributed by atoms with van der Waals surface area (Å²) in [7, 11) is 0. The van der Waals surface area contributed by atoms with E-state index < -0.39 is 0 Å². The van der Waals surface area contributed by atoms with E-state index in [-0.39, 0.29) is 6.03 Å². The minimum absolute atomic E-state index is 0.208. The molecular formula is C16H24ClN3O. The second-order valence-corrected chi connectivity index (χ2v) is 6.31. The first-order valence-corrected chi connectivity index (χ1v) is 7.97. The number of para-hydroxylation sites is 1. The summed E-state index contributed by atoms with van der Waals surface area (Å²) < 4.78 is 0. The molecule has 1 aromatic carbocycles. The van der Waals surface area contributed by atoms with E-state index in [1.807, 2.05) is 12.1 Å². The second-order valence-electron chi connectivity index (χ2n) is 5.91. The molecule has 1 aliphatic rings. The van der Waals surface area contributed by atoms with Crippen LogP contribution in [0.2, 0.25) is 5.02 Å². The molecular weight excluding hydrogens is 286 g/mol. The highest BCUT2D eigenvalue weighted by molar-refractivity contribution is 6.33. The predicted octanol–water partition coefficient (Wildman–Crippen LogP) is 3.58. The molecule has 116 valence electrons. The summed E-state index contributed by atoms with van der Waals surface area (Å²) in [5, 5.41) is 6.24. The molecule has 0 bridgehead atoms. The average molecular weight is 310 g/mol. The number of benzene rings is 1. The Bertz CT molecular complexity index is 480. The Balaban J connectivity index is 1.77. The number of nitrogens with one attached hydrogen (secondary N) is 2. The molecule has 21 heavy (non-hydrogen) atoms. The van der Waals surface area contributed by atoms with Crippen molar-refractivity contribution in [1.29, 1.82) is 0 Å². The van der Waals surface area contributed by atoms with Crippen LogP contribution < -0.4 is 10.6 Å². The molecule has 2 amide bonds. The highest BCUT2D eigenvalue weighted by Gasteiger charge is 2.21. The summed E-state index contributed by atoms with van der Waals surface area (Å²) in [5.74, 6) is 0.748. The van der Waals surface area contributed by atoms with E-state index in [1.165, 1.54) is 12.8 Å². The Morgan fingerprint density at radius 3 is 2.95 bits per heavy atom. The number of halogens is 1. The zero-order valence-electron chi connectivity index (χ0n) is 12.7. The molecule has 1 fully saturated rings. The zero-order chi connectivity index (χ0) is 15.2. The third-order valence-corrected chi connectivity index (χ3v) is 4.32. The topological polar surface area (TPSA) is 44.4 Å². The van der Waals surface area contributed by atoms with E-state index in [1.54, 1.807) is 12.1 Å². The van der Waals surface area contributed by atoms with Gasteiger partial charge in [-0.05, 0) is 44.4 Å². The maximum atomic E-state index is 11.9. The maximum absolute atomic E-state index is 11.9. The monoisotopic (exact) mass is 309 g/mol. The molecule has 0 spiro atoms. The van der Waals surface area contributed by atoms with Crippen molar-refractivity contribution >= 4 is 23.3 Å². The number of nitrogens with zero attached hydrogens (tertiary/aromatic N) is 1. The Morgan fingerprint density at radius 1 is 1.48 bits per heavy atom. The number of carbonyl (C=O) groups is 1. The largest absolute Gasteiger partial charge is 0.336 e. The number of hydrogen-bond donors (Lipinski definition) is 2. The summed E-state index contributed by atoms with van der Waals surface area (Å²) in [6, 6.07) is 7.38. The fraction of sp³-hybridized carbons (Fsp3) is 0.562. The summed E-state index contributed by atoms with van der Waals surface area (Å²) >= 11 is 6.02. The minimum atomic E-state index is -0.208. The van der Waals surface area contributed by atoms with Crippen molar-refractivity contribution in [2.45, 2.75) is 32.7 Å². The zero-order valence-corrected chi connectivity index (χ0v) is 13.5. The lowest BCUT2D eigenvalue weighted by Crippen LogP contribution is -2.47. The van der Waals surface area contributed by atoms with E-state index in [9.17, 15) is 4.79 Å². The standard InChI is InChI=1S/C16H24ClN3O/c1-12-6-5-9-20(11-12)13(2)10-18-16(21)19-15-8-4-3-7-14(15)17/h3-4,7-8,12-13H,5-6,9-11H2,1-2H3,(H2,18,19,21)/t12-,13+/m1/s1. The molecule has 1 saturated heterocycles. The van der Waals surface area contributed by atoms with Gasteiger partial charge in [-0.25, -0.2) is 4.79 Å². The number of anilines is 1. The lowest BCUT2D eigenvalue weighted by Gasteiger charge is -2.35. The fourth-order valence-corrected chi connectivity index (χ4v) is 2.91. The molecule has 2 rings (SSSR count). The molecule has 0 aliphatic carbocycles. The number of rotatable bonds is 4. The molecule has 2 atom stereocenters. The van der Waals surface area contributed by atoms with Gasteiger partial charge in [0.25, 0.3) is 0 Å². The van der Waals surface area contributed by atoms with Gasteiger partial charge in [-0.3, -0.25) is 4.90 Å². The van der Waals surface area contributed by atoms with Gasteiger partial charge in [0.2, 0.25) is 0 Å². The molecule has 1 heterocycles. The van der Waals surface area contributed by atoms with Gasteiger partial charge in [0.05, 0.1) is 10.7 Å². The van der Waals surface area contributed by atoms with E-state index in [4.69, 9.17) is 11.6 Å². The van der Waals surface area contributed by atoms with Crippen LogP contribution in [-0.2, 0) is 0 Å². The number of amides is 2. The molecule has 2 N–H and O–H groups in total. The number of hydrogen-bond acceptors (Lipinski definition) is 2.